The Hall–Kier alpha value is -2.28. The van der Waals surface area contributed by atoms with Crippen molar-refractivity contribution in [3.63, 3.8) is 0 Å². The number of guanidine groups is 1. The molecule has 2 atom stereocenters. The first-order valence-corrected chi connectivity index (χ1v) is 10.6. The van der Waals surface area contributed by atoms with Crippen molar-refractivity contribution in [3.8, 4) is 5.75 Å². The summed E-state index contributed by atoms with van der Waals surface area (Å²) in [4.78, 5) is 20.7. The zero-order chi connectivity index (χ0) is 20.8. The Labute approximate surface area is 174 Å². The second kappa shape index (κ2) is 9.96. The number of methoxy groups -OCH3 is 1. The molecule has 160 valence electrons. The second-order valence-electron chi connectivity index (χ2n) is 8.33. The molecule has 0 spiro atoms. The number of rotatable bonds is 8. The lowest BCUT2D eigenvalue weighted by atomic mass is 10.1. The first-order valence-electron chi connectivity index (χ1n) is 10.6. The summed E-state index contributed by atoms with van der Waals surface area (Å²) in [5.41, 5.74) is 1.23. The molecule has 3 rings (SSSR count). The molecular weight excluding hydrogens is 366 g/mol. The monoisotopic (exact) mass is 401 g/mol. The molecule has 2 unspecified atom stereocenters. The maximum Gasteiger partial charge on any atom is 0.243 e. The van der Waals surface area contributed by atoms with Crippen molar-refractivity contribution in [2.24, 2.45) is 4.99 Å². The number of carbonyl (C=O) groups excluding carboxylic acids is 1. The maximum atomic E-state index is 12.0. The Kier molecular flexibility index (Phi) is 7.36. The Morgan fingerprint density at radius 1 is 1.28 bits per heavy atom. The average molecular weight is 402 g/mol. The minimum Gasteiger partial charge on any atom is -0.497 e. The minimum atomic E-state index is 0.000603. The van der Waals surface area contributed by atoms with E-state index >= 15 is 0 Å². The fourth-order valence-electron chi connectivity index (χ4n) is 3.83. The summed E-state index contributed by atoms with van der Waals surface area (Å²) in [5, 5.41) is 6.98. The summed E-state index contributed by atoms with van der Waals surface area (Å²) in [7, 11) is 5.19. The van der Waals surface area contributed by atoms with Gasteiger partial charge in [-0.15, -0.1) is 0 Å². The van der Waals surface area contributed by atoms with Gasteiger partial charge >= 0.3 is 0 Å². The topological polar surface area (TPSA) is 69.2 Å². The SMILES string of the molecule is COc1ccc(CCNC(=NCC(=O)N(C)C)NC2CC(C)N(C3CC3)C2)cc1. The molecule has 2 fully saturated rings. The molecule has 7 heteroatoms. The largest absolute Gasteiger partial charge is 0.497 e. The van der Waals surface area contributed by atoms with E-state index in [2.05, 4.69) is 39.6 Å². The van der Waals surface area contributed by atoms with Gasteiger partial charge in [-0.05, 0) is 50.3 Å². The molecule has 1 saturated heterocycles. The molecule has 1 saturated carbocycles. The summed E-state index contributed by atoms with van der Waals surface area (Å²) >= 11 is 0. The van der Waals surface area contributed by atoms with Crippen LogP contribution in [0.25, 0.3) is 0 Å². The number of benzene rings is 1. The Morgan fingerprint density at radius 2 is 2.00 bits per heavy atom. The average Bonchev–Trinajstić information content (AvgIpc) is 3.49. The highest BCUT2D eigenvalue weighted by Crippen LogP contribution is 2.33. The van der Waals surface area contributed by atoms with Crippen LogP contribution in [0.4, 0.5) is 0 Å². The van der Waals surface area contributed by atoms with Crippen LogP contribution in [0.3, 0.4) is 0 Å². The fourth-order valence-corrected chi connectivity index (χ4v) is 3.83. The molecule has 1 heterocycles. The van der Waals surface area contributed by atoms with Crippen LogP contribution in [-0.2, 0) is 11.2 Å². The van der Waals surface area contributed by atoms with Gasteiger partial charge in [-0.25, -0.2) is 4.99 Å². The number of likely N-dealkylation sites (tertiary alicyclic amines) is 1. The first-order chi connectivity index (χ1) is 14.0. The number of likely N-dealkylation sites (N-methyl/N-ethyl adjacent to an activating group) is 1. The first kappa shape index (κ1) is 21.4. The number of amides is 1. The van der Waals surface area contributed by atoms with Crippen molar-refractivity contribution in [1.29, 1.82) is 0 Å². The highest BCUT2D eigenvalue weighted by molar-refractivity contribution is 5.85. The third-order valence-electron chi connectivity index (χ3n) is 5.72. The summed E-state index contributed by atoms with van der Waals surface area (Å²) in [6.07, 6.45) is 4.64. The van der Waals surface area contributed by atoms with E-state index in [9.17, 15) is 4.79 Å². The third kappa shape index (κ3) is 6.35. The Morgan fingerprint density at radius 3 is 2.62 bits per heavy atom. The van der Waals surface area contributed by atoms with Crippen molar-refractivity contribution in [2.75, 3.05) is 40.8 Å². The van der Waals surface area contributed by atoms with Crippen LogP contribution in [-0.4, -0.2) is 80.6 Å². The number of hydrogen-bond acceptors (Lipinski definition) is 4. The maximum absolute atomic E-state index is 12.0. The number of hydrogen-bond donors (Lipinski definition) is 2. The molecule has 1 aromatic rings. The number of aliphatic imine (C=N–C) groups is 1. The second-order valence-corrected chi connectivity index (χ2v) is 8.33. The van der Waals surface area contributed by atoms with Crippen molar-refractivity contribution in [2.45, 2.75) is 50.7 Å². The molecule has 0 bridgehead atoms. The minimum absolute atomic E-state index is 0.000603. The van der Waals surface area contributed by atoms with E-state index in [0.717, 1.165) is 43.7 Å². The lowest BCUT2D eigenvalue weighted by molar-refractivity contribution is -0.127. The summed E-state index contributed by atoms with van der Waals surface area (Å²) in [6, 6.07) is 9.85. The van der Waals surface area contributed by atoms with Gasteiger partial charge in [0.2, 0.25) is 5.91 Å². The fraction of sp³-hybridized carbons (Fsp3) is 0.636. The van der Waals surface area contributed by atoms with Gasteiger partial charge < -0.3 is 20.3 Å². The van der Waals surface area contributed by atoms with E-state index < -0.39 is 0 Å². The quantitative estimate of drug-likeness (QED) is 0.510. The summed E-state index contributed by atoms with van der Waals surface area (Å²) in [5.74, 6) is 1.59. The highest BCUT2D eigenvalue weighted by atomic mass is 16.5. The molecule has 1 aromatic carbocycles. The van der Waals surface area contributed by atoms with Crippen LogP contribution >= 0.6 is 0 Å². The van der Waals surface area contributed by atoms with Crippen molar-refractivity contribution >= 4 is 11.9 Å². The smallest absolute Gasteiger partial charge is 0.243 e. The molecule has 0 aromatic heterocycles. The van der Waals surface area contributed by atoms with Crippen LogP contribution in [0.5, 0.6) is 5.75 Å². The molecule has 2 N–H and O–H groups in total. The molecule has 29 heavy (non-hydrogen) atoms. The third-order valence-corrected chi connectivity index (χ3v) is 5.72. The normalized spacial score (nSPS) is 22.4. The van der Waals surface area contributed by atoms with Crippen LogP contribution in [0.1, 0.15) is 31.7 Å². The molecule has 1 amide bonds. The van der Waals surface area contributed by atoms with E-state index in [1.54, 1.807) is 26.1 Å². The molecule has 0 radical (unpaired) electrons. The van der Waals surface area contributed by atoms with E-state index in [-0.39, 0.29) is 12.5 Å². The zero-order valence-electron chi connectivity index (χ0n) is 18.1. The van der Waals surface area contributed by atoms with E-state index in [0.29, 0.717) is 12.1 Å². The lowest BCUT2D eigenvalue weighted by Gasteiger charge is -2.20. The van der Waals surface area contributed by atoms with Gasteiger partial charge in [-0.2, -0.15) is 0 Å². The molecule has 1 aliphatic carbocycles. The standard InChI is InChI=1S/C22H35N5O2/c1-16-13-18(15-27(16)19-7-8-19)25-22(24-14-21(28)26(2)3)23-12-11-17-5-9-20(29-4)10-6-17/h5-6,9-10,16,18-19H,7-8,11-15H2,1-4H3,(H2,23,24,25). The Bertz CT molecular complexity index is 700. The van der Waals surface area contributed by atoms with Crippen molar-refractivity contribution in [3.05, 3.63) is 29.8 Å². The van der Waals surface area contributed by atoms with Gasteiger partial charge in [0.05, 0.1) is 7.11 Å². The van der Waals surface area contributed by atoms with E-state index in [4.69, 9.17) is 4.74 Å². The van der Waals surface area contributed by atoms with Gasteiger partial charge in [-0.1, -0.05) is 12.1 Å². The summed E-state index contributed by atoms with van der Waals surface area (Å²) in [6.45, 7) is 4.26. The predicted molar refractivity (Wildman–Crippen MR) is 116 cm³/mol. The van der Waals surface area contributed by atoms with Crippen LogP contribution in [0.2, 0.25) is 0 Å². The van der Waals surface area contributed by atoms with Gasteiger partial charge in [-0.3, -0.25) is 9.69 Å². The van der Waals surface area contributed by atoms with Crippen LogP contribution in [0, 0.1) is 0 Å². The zero-order valence-corrected chi connectivity index (χ0v) is 18.1. The number of nitrogens with one attached hydrogen (secondary N) is 2. The molecule has 7 nitrogen and oxygen atoms in total. The molecular formula is C22H35N5O2. The van der Waals surface area contributed by atoms with Gasteiger partial charge in [0.25, 0.3) is 0 Å². The van der Waals surface area contributed by atoms with Gasteiger partial charge in [0.15, 0.2) is 5.96 Å². The number of carbonyl (C=O) groups is 1. The number of nitrogens with zero attached hydrogens (tertiary/aromatic N) is 3. The summed E-state index contributed by atoms with van der Waals surface area (Å²) < 4.78 is 5.21. The van der Waals surface area contributed by atoms with Crippen LogP contribution < -0.4 is 15.4 Å². The highest BCUT2D eigenvalue weighted by Gasteiger charge is 2.38. The lowest BCUT2D eigenvalue weighted by Crippen LogP contribution is -2.45. The van der Waals surface area contributed by atoms with Crippen molar-refractivity contribution in [1.82, 2.24) is 20.4 Å². The van der Waals surface area contributed by atoms with E-state index in [1.165, 1.54) is 18.4 Å². The van der Waals surface area contributed by atoms with Gasteiger partial charge in [0, 0.05) is 45.3 Å². The van der Waals surface area contributed by atoms with Crippen LogP contribution in [0.15, 0.2) is 29.3 Å². The van der Waals surface area contributed by atoms with E-state index in [1.807, 2.05) is 12.1 Å². The van der Waals surface area contributed by atoms with Crippen molar-refractivity contribution < 1.29 is 9.53 Å². The predicted octanol–water partition coefficient (Wildman–Crippen LogP) is 1.49. The Balaban J connectivity index is 1.55. The molecule has 1 aliphatic heterocycles. The van der Waals surface area contributed by atoms with Gasteiger partial charge in [0.1, 0.15) is 12.3 Å². The number of ether oxygens (including phenoxy) is 1. The molecule has 2 aliphatic rings.